The molecule has 24 heavy (non-hydrogen) atoms. The molecule has 2 aromatic heterocycles. The molecule has 0 fully saturated rings. The van der Waals surface area contributed by atoms with Crippen LogP contribution in [0.1, 0.15) is 30.9 Å². The van der Waals surface area contributed by atoms with E-state index in [-0.39, 0.29) is 5.75 Å². The van der Waals surface area contributed by atoms with Crippen LogP contribution >= 0.6 is 11.8 Å². The number of thioether (sulfide) groups is 1. The van der Waals surface area contributed by atoms with E-state index < -0.39 is 5.76 Å². The molecule has 0 aliphatic carbocycles. The number of anilines is 1. The van der Waals surface area contributed by atoms with E-state index in [1.807, 2.05) is 18.3 Å². The highest BCUT2D eigenvalue weighted by Crippen LogP contribution is 2.21. The molecule has 0 aliphatic heterocycles. The average molecular weight is 355 g/mol. The van der Waals surface area contributed by atoms with Gasteiger partial charge in [0.1, 0.15) is 17.3 Å². The van der Waals surface area contributed by atoms with E-state index in [1.165, 1.54) is 0 Å². The van der Waals surface area contributed by atoms with Gasteiger partial charge in [0.25, 0.3) is 5.76 Å². The van der Waals surface area contributed by atoms with Crippen LogP contribution in [0.25, 0.3) is 0 Å². The Morgan fingerprint density at radius 2 is 1.88 bits per heavy atom. The number of pyridine rings is 1. The number of hydrogen-bond donors (Lipinski definition) is 1. The first-order chi connectivity index (χ1) is 11.6. The largest absolute Gasteiger partial charge is 0.464 e. The maximum atomic E-state index is 12.1. The lowest BCUT2D eigenvalue weighted by atomic mass is 10.2. The SMILES string of the molecule is CCN(CC)c1ccc(CNCc2ccc(CSC(F)F)o2)cn1. The van der Waals surface area contributed by atoms with Crippen molar-refractivity contribution in [3.63, 3.8) is 0 Å². The maximum absolute atomic E-state index is 12.1. The molecular formula is C17H23F2N3OS. The molecule has 132 valence electrons. The zero-order valence-corrected chi connectivity index (χ0v) is 14.8. The summed E-state index contributed by atoms with van der Waals surface area (Å²) in [6.07, 6.45) is 1.87. The van der Waals surface area contributed by atoms with Gasteiger partial charge in [-0.25, -0.2) is 4.98 Å². The van der Waals surface area contributed by atoms with Crippen molar-refractivity contribution < 1.29 is 13.2 Å². The third-order valence-electron chi connectivity index (χ3n) is 3.59. The van der Waals surface area contributed by atoms with Gasteiger partial charge >= 0.3 is 0 Å². The smallest absolute Gasteiger partial charge is 0.284 e. The number of hydrogen-bond acceptors (Lipinski definition) is 5. The quantitative estimate of drug-likeness (QED) is 0.689. The molecule has 0 saturated heterocycles. The van der Waals surface area contributed by atoms with Crippen LogP contribution in [0.5, 0.6) is 0 Å². The van der Waals surface area contributed by atoms with Crippen molar-refractivity contribution in [2.45, 2.75) is 38.4 Å². The number of furan rings is 1. The third-order valence-corrected chi connectivity index (χ3v) is 4.30. The van der Waals surface area contributed by atoms with Crippen molar-refractivity contribution in [2.24, 2.45) is 0 Å². The fourth-order valence-electron chi connectivity index (χ4n) is 2.33. The Morgan fingerprint density at radius 1 is 1.12 bits per heavy atom. The second kappa shape index (κ2) is 9.64. The molecule has 0 unspecified atom stereocenters. The van der Waals surface area contributed by atoms with Gasteiger partial charge in [0.2, 0.25) is 0 Å². The van der Waals surface area contributed by atoms with Crippen molar-refractivity contribution in [3.8, 4) is 0 Å². The normalized spacial score (nSPS) is 11.2. The van der Waals surface area contributed by atoms with Crippen molar-refractivity contribution in [1.82, 2.24) is 10.3 Å². The lowest BCUT2D eigenvalue weighted by Gasteiger charge is -2.19. The predicted octanol–water partition coefficient (Wildman–Crippen LogP) is 4.27. The van der Waals surface area contributed by atoms with Gasteiger partial charge < -0.3 is 14.6 Å². The lowest BCUT2D eigenvalue weighted by Crippen LogP contribution is -2.23. The summed E-state index contributed by atoms with van der Waals surface area (Å²) >= 11 is 0.566. The minimum Gasteiger partial charge on any atom is -0.464 e. The van der Waals surface area contributed by atoms with E-state index in [0.29, 0.717) is 30.6 Å². The van der Waals surface area contributed by atoms with E-state index in [1.54, 1.807) is 6.07 Å². The Labute approximate surface area is 145 Å². The minimum atomic E-state index is -2.37. The van der Waals surface area contributed by atoms with Crippen molar-refractivity contribution in [3.05, 3.63) is 47.5 Å². The Bertz CT molecular complexity index is 600. The van der Waals surface area contributed by atoms with Crippen molar-refractivity contribution in [1.29, 1.82) is 0 Å². The molecule has 2 heterocycles. The standard InChI is InChI=1S/C17H23F2N3OS/c1-3-22(4-2)16-8-5-13(10-21-16)9-20-11-14-6-7-15(23-14)12-24-17(18)19/h5-8,10,17,20H,3-4,9,11-12H2,1-2H3. The first kappa shape index (κ1) is 18.7. The van der Waals surface area contributed by atoms with Gasteiger partial charge in [0, 0.05) is 25.8 Å². The molecule has 0 atom stereocenters. The topological polar surface area (TPSA) is 41.3 Å². The van der Waals surface area contributed by atoms with Crippen LogP contribution < -0.4 is 10.2 Å². The van der Waals surface area contributed by atoms with Gasteiger partial charge in [0.05, 0.1) is 12.3 Å². The average Bonchev–Trinajstić information content (AvgIpc) is 3.03. The molecule has 0 amide bonds. The molecule has 2 aromatic rings. The summed E-state index contributed by atoms with van der Waals surface area (Å²) in [4.78, 5) is 6.67. The third kappa shape index (κ3) is 5.79. The fourth-order valence-corrected chi connectivity index (χ4v) is 2.77. The highest BCUT2D eigenvalue weighted by Gasteiger charge is 2.07. The summed E-state index contributed by atoms with van der Waals surface area (Å²) in [5, 5.41) is 3.27. The van der Waals surface area contributed by atoms with Crippen LogP contribution in [0.3, 0.4) is 0 Å². The van der Waals surface area contributed by atoms with E-state index in [9.17, 15) is 8.78 Å². The Kier molecular flexibility index (Phi) is 7.52. The Morgan fingerprint density at radius 3 is 2.50 bits per heavy atom. The van der Waals surface area contributed by atoms with Crippen molar-refractivity contribution >= 4 is 17.6 Å². The van der Waals surface area contributed by atoms with Crippen LogP contribution in [-0.4, -0.2) is 23.8 Å². The molecule has 0 saturated carbocycles. The zero-order valence-electron chi connectivity index (χ0n) is 14.0. The second-order valence-corrected chi connectivity index (χ2v) is 6.22. The highest BCUT2D eigenvalue weighted by molar-refractivity contribution is 7.98. The molecule has 0 aromatic carbocycles. The van der Waals surface area contributed by atoms with Gasteiger partial charge in [-0.2, -0.15) is 8.78 Å². The van der Waals surface area contributed by atoms with Crippen LogP contribution in [-0.2, 0) is 18.8 Å². The van der Waals surface area contributed by atoms with E-state index in [0.717, 1.165) is 30.2 Å². The number of halogens is 2. The highest BCUT2D eigenvalue weighted by atomic mass is 32.2. The molecule has 7 heteroatoms. The molecule has 0 radical (unpaired) electrons. The number of rotatable bonds is 10. The maximum Gasteiger partial charge on any atom is 0.284 e. The van der Waals surface area contributed by atoms with Gasteiger partial charge in [-0.05, 0) is 37.6 Å². The number of nitrogens with one attached hydrogen (secondary N) is 1. The zero-order chi connectivity index (χ0) is 17.4. The fraction of sp³-hybridized carbons (Fsp3) is 0.471. The second-order valence-electron chi connectivity index (χ2n) is 5.24. The summed E-state index contributed by atoms with van der Waals surface area (Å²) in [6, 6.07) is 7.64. The molecule has 1 N–H and O–H groups in total. The van der Waals surface area contributed by atoms with Crippen LogP contribution in [0.15, 0.2) is 34.9 Å². The summed E-state index contributed by atoms with van der Waals surface area (Å²) in [5.41, 5.74) is 1.09. The van der Waals surface area contributed by atoms with Crippen LogP contribution in [0.2, 0.25) is 0 Å². The summed E-state index contributed by atoms with van der Waals surface area (Å²) in [7, 11) is 0. The summed E-state index contributed by atoms with van der Waals surface area (Å²) in [5.74, 6) is 0.114. The molecule has 2 rings (SSSR count). The predicted molar refractivity (Wildman–Crippen MR) is 94.3 cm³/mol. The molecular weight excluding hydrogens is 332 g/mol. The minimum absolute atomic E-state index is 0.189. The molecule has 0 spiro atoms. The van der Waals surface area contributed by atoms with E-state index >= 15 is 0 Å². The van der Waals surface area contributed by atoms with Crippen LogP contribution in [0.4, 0.5) is 14.6 Å². The summed E-state index contributed by atoms with van der Waals surface area (Å²) in [6.45, 7) is 7.32. The summed E-state index contributed by atoms with van der Waals surface area (Å²) < 4.78 is 29.8. The Balaban J connectivity index is 1.77. The van der Waals surface area contributed by atoms with E-state index in [2.05, 4.69) is 35.1 Å². The van der Waals surface area contributed by atoms with Gasteiger partial charge in [-0.15, -0.1) is 0 Å². The number of nitrogens with zero attached hydrogens (tertiary/aromatic N) is 2. The molecule has 0 aliphatic rings. The lowest BCUT2D eigenvalue weighted by molar-refractivity contribution is 0.251. The van der Waals surface area contributed by atoms with Gasteiger partial charge in [-0.1, -0.05) is 17.8 Å². The number of aromatic nitrogens is 1. The van der Waals surface area contributed by atoms with E-state index in [4.69, 9.17) is 4.42 Å². The first-order valence-corrected chi connectivity index (χ1v) is 9.05. The van der Waals surface area contributed by atoms with Gasteiger partial charge in [0.15, 0.2) is 0 Å². The molecule has 0 bridgehead atoms. The number of alkyl halides is 2. The van der Waals surface area contributed by atoms with Crippen molar-refractivity contribution in [2.75, 3.05) is 18.0 Å². The Hall–Kier alpha value is -1.60. The first-order valence-electron chi connectivity index (χ1n) is 8.00. The monoisotopic (exact) mass is 355 g/mol. The van der Waals surface area contributed by atoms with Gasteiger partial charge in [-0.3, -0.25) is 0 Å². The van der Waals surface area contributed by atoms with Crippen LogP contribution in [0, 0.1) is 0 Å². The molecule has 4 nitrogen and oxygen atoms in total.